The zero-order valence-electron chi connectivity index (χ0n) is 23.4. The summed E-state index contributed by atoms with van der Waals surface area (Å²) in [6, 6.07) is 17.4. The highest BCUT2D eigenvalue weighted by molar-refractivity contribution is 8.00. The molecule has 0 radical (unpaired) electrons. The molecular weight excluding hydrogens is 541 g/mol. The molecule has 0 saturated carbocycles. The third-order valence-corrected chi connectivity index (χ3v) is 8.06. The summed E-state index contributed by atoms with van der Waals surface area (Å²) in [5.74, 6) is 0.497. The molecule has 0 saturated heterocycles. The Morgan fingerprint density at radius 2 is 1.85 bits per heavy atom. The van der Waals surface area contributed by atoms with Gasteiger partial charge in [0.25, 0.3) is 0 Å². The van der Waals surface area contributed by atoms with Crippen LogP contribution in [0.2, 0.25) is 0 Å². The molecule has 0 fully saturated rings. The molecule has 1 N–H and O–H groups in total. The van der Waals surface area contributed by atoms with Gasteiger partial charge in [0.05, 0.1) is 29.5 Å². The maximum atomic E-state index is 13.9. The van der Waals surface area contributed by atoms with Gasteiger partial charge in [-0.1, -0.05) is 39.0 Å². The van der Waals surface area contributed by atoms with Gasteiger partial charge in [-0.05, 0) is 53.6 Å². The first kappa shape index (κ1) is 28.4. The number of hydrogen-bond donors (Lipinski definition) is 1. The van der Waals surface area contributed by atoms with Crippen LogP contribution in [0.25, 0.3) is 5.69 Å². The monoisotopic (exact) mass is 573 g/mol. The van der Waals surface area contributed by atoms with E-state index in [1.807, 2.05) is 30.3 Å². The number of thioether (sulfide) groups is 1. The van der Waals surface area contributed by atoms with Gasteiger partial charge in [0, 0.05) is 29.9 Å². The van der Waals surface area contributed by atoms with E-state index in [9.17, 15) is 14.0 Å². The summed E-state index contributed by atoms with van der Waals surface area (Å²) < 4.78 is 21.0. The summed E-state index contributed by atoms with van der Waals surface area (Å²) in [6.07, 6.45) is 3.36. The number of halogens is 1. The van der Waals surface area contributed by atoms with Gasteiger partial charge in [-0.3, -0.25) is 19.5 Å². The number of rotatable bonds is 7. The maximum Gasteiger partial charge on any atom is 0.240 e. The number of anilines is 1. The predicted octanol–water partition coefficient (Wildman–Crippen LogP) is 5.20. The highest BCUT2D eigenvalue weighted by Crippen LogP contribution is 2.48. The van der Waals surface area contributed by atoms with Gasteiger partial charge < -0.3 is 10.1 Å². The van der Waals surface area contributed by atoms with Crippen LogP contribution < -0.4 is 15.0 Å². The van der Waals surface area contributed by atoms with Crippen molar-refractivity contribution in [2.24, 2.45) is 0 Å². The highest BCUT2D eigenvalue weighted by atomic mass is 32.2. The number of nitrogens with zero attached hydrogens (tertiary/aromatic N) is 4. The first-order valence-corrected chi connectivity index (χ1v) is 14.3. The zero-order valence-corrected chi connectivity index (χ0v) is 24.2. The molecule has 2 aromatic heterocycles. The molecule has 0 aliphatic carbocycles. The van der Waals surface area contributed by atoms with Crippen LogP contribution in [-0.4, -0.2) is 46.0 Å². The Hall–Kier alpha value is -4.18. The molecule has 1 aliphatic rings. The van der Waals surface area contributed by atoms with E-state index in [0.29, 0.717) is 18.1 Å². The van der Waals surface area contributed by atoms with Crippen molar-refractivity contribution < 1.29 is 18.7 Å². The van der Waals surface area contributed by atoms with Gasteiger partial charge >= 0.3 is 0 Å². The first-order valence-electron chi connectivity index (χ1n) is 13.3. The van der Waals surface area contributed by atoms with Crippen molar-refractivity contribution in [3.05, 3.63) is 101 Å². The van der Waals surface area contributed by atoms with E-state index in [2.05, 4.69) is 31.1 Å². The molecule has 41 heavy (non-hydrogen) atoms. The average Bonchev–Trinajstić information content (AvgIpc) is 3.31. The minimum atomic E-state index is -0.401. The standard InChI is InChI=1S/C31H32FN5O3S/c1-31(2,3)29-27-28(21-7-9-22(32)10-8-21)41-19-26(39)36(18-25(38)34-17-20-6-5-15-33-16-20)30(27)37(35-29)23-11-13-24(40-4)14-12-23/h5-16,28H,17-19H2,1-4H3,(H,34,38)/t28-/m1/s1. The van der Waals surface area contributed by atoms with Crippen molar-refractivity contribution in [2.45, 2.75) is 38.0 Å². The Morgan fingerprint density at radius 1 is 1.12 bits per heavy atom. The largest absolute Gasteiger partial charge is 0.497 e. The van der Waals surface area contributed by atoms with Crippen LogP contribution >= 0.6 is 11.8 Å². The number of aromatic nitrogens is 3. The molecule has 1 aliphatic heterocycles. The summed E-state index contributed by atoms with van der Waals surface area (Å²) in [7, 11) is 1.60. The van der Waals surface area contributed by atoms with Crippen LogP contribution in [0.4, 0.5) is 10.2 Å². The molecule has 0 unspecified atom stereocenters. The Kier molecular flexibility index (Phi) is 8.12. The molecule has 1 atom stereocenters. The number of benzene rings is 2. The summed E-state index contributed by atoms with van der Waals surface area (Å²) in [6.45, 7) is 6.31. The minimum absolute atomic E-state index is 0.138. The average molecular weight is 574 g/mol. The first-order chi connectivity index (χ1) is 19.7. The van der Waals surface area contributed by atoms with E-state index in [-0.39, 0.29) is 35.2 Å². The lowest BCUT2D eigenvalue weighted by Gasteiger charge is -2.24. The topological polar surface area (TPSA) is 89.3 Å². The number of amides is 2. The smallest absolute Gasteiger partial charge is 0.240 e. The van der Waals surface area contributed by atoms with E-state index < -0.39 is 5.41 Å². The Balaban J connectivity index is 1.64. The van der Waals surface area contributed by atoms with Crippen molar-refractivity contribution in [2.75, 3.05) is 24.3 Å². The lowest BCUT2D eigenvalue weighted by Crippen LogP contribution is -2.42. The molecule has 212 valence electrons. The summed E-state index contributed by atoms with van der Waals surface area (Å²) >= 11 is 1.45. The number of pyridine rings is 1. The molecule has 8 nitrogen and oxygen atoms in total. The normalized spacial score (nSPS) is 15.3. The van der Waals surface area contributed by atoms with Gasteiger partial charge in [0.15, 0.2) is 0 Å². The quantitative estimate of drug-likeness (QED) is 0.327. The Morgan fingerprint density at radius 3 is 2.49 bits per heavy atom. The third-order valence-electron chi connectivity index (χ3n) is 6.80. The predicted molar refractivity (Wildman–Crippen MR) is 158 cm³/mol. The van der Waals surface area contributed by atoms with Crippen molar-refractivity contribution in [3.8, 4) is 11.4 Å². The van der Waals surface area contributed by atoms with Crippen LogP contribution in [0.15, 0.2) is 73.1 Å². The molecule has 0 bridgehead atoms. The fraction of sp³-hybridized carbons (Fsp3) is 0.290. The highest BCUT2D eigenvalue weighted by Gasteiger charge is 2.40. The number of methoxy groups -OCH3 is 1. The number of hydrogen-bond acceptors (Lipinski definition) is 6. The fourth-order valence-electron chi connectivity index (χ4n) is 4.78. The number of ether oxygens (including phenoxy) is 1. The van der Waals surface area contributed by atoms with Crippen molar-refractivity contribution in [3.63, 3.8) is 0 Å². The molecule has 2 amide bonds. The number of carbonyl (C=O) groups is 2. The second-order valence-electron chi connectivity index (χ2n) is 10.8. The molecule has 0 spiro atoms. The molecule has 2 aromatic carbocycles. The second kappa shape index (κ2) is 11.7. The number of carbonyl (C=O) groups excluding carboxylic acids is 2. The van der Waals surface area contributed by atoms with E-state index in [4.69, 9.17) is 9.84 Å². The van der Waals surface area contributed by atoms with Crippen LogP contribution in [-0.2, 0) is 21.5 Å². The number of nitrogens with one attached hydrogen (secondary N) is 1. The minimum Gasteiger partial charge on any atom is -0.497 e. The van der Waals surface area contributed by atoms with Crippen LogP contribution in [0, 0.1) is 5.82 Å². The van der Waals surface area contributed by atoms with Crippen LogP contribution in [0.1, 0.15) is 48.4 Å². The fourth-order valence-corrected chi connectivity index (χ4v) is 5.98. The van der Waals surface area contributed by atoms with Crippen molar-refractivity contribution >= 4 is 29.4 Å². The van der Waals surface area contributed by atoms with Crippen molar-refractivity contribution in [1.29, 1.82) is 0 Å². The van der Waals surface area contributed by atoms with Gasteiger partial charge in [0.2, 0.25) is 11.8 Å². The summed E-state index contributed by atoms with van der Waals surface area (Å²) in [5.41, 5.74) is 3.65. The zero-order chi connectivity index (χ0) is 29.1. The summed E-state index contributed by atoms with van der Waals surface area (Å²) in [4.78, 5) is 32.6. The van der Waals surface area contributed by atoms with Gasteiger partial charge in [0.1, 0.15) is 23.9 Å². The third kappa shape index (κ3) is 6.12. The van der Waals surface area contributed by atoms with E-state index >= 15 is 0 Å². The van der Waals surface area contributed by atoms with E-state index in [0.717, 1.165) is 28.1 Å². The molecular formula is C31H32FN5O3S. The lowest BCUT2D eigenvalue weighted by molar-refractivity contribution is -0.123. The molecule has 10 heteroatoms. The van der Waals surface area contributed by atoms with Crippen LogP contribution in [0.3, 0.4) is 0 Å². The van der Waals surface area contributed by atoms with E-state index in [1.165, 1.54) is 28.8 Å². The van der Waals surface area contributed by atoms with Gasteiger partial charge in [-0.25, -0.2) is 9.07 Å². The van der Waals surface area contributed by atoms with Gasteiger partial charge in [-0.15, -0.1) is 11.8 Å². The maximum absolute atomic E-state index is 13.9. The van der Waals surface area contributed by atoms with Gasteiger partial charge in [-0.2, -0.15) is 5.10 Å². The van der Waals surface area contributed by atoms with E-state index in [1.54, 1.807) is 42.4 Å². The second-order valence-corrected chi connectivity index (χ2v) is 11.9. The lowest BCUT2D eigenvalue weighted by atomic mass is 9.87. The number of fused-ring (bicyclic) bond motifs is 1. The Bertz CT molecular complexity index is 1530. The molecule has 5 rings (SSSR count). The SMILES string of the molecule is COc1ccc(-n2nc(C(C)(C)C)c3c2N(CC(=O)NCc2cccnc2)C(=O)CS[C@@H]3c2ccc(F)cc2)cc1. The molecule has 3 heterocycles. The van der Waals surface area contributed by atoms with Crippen molar-refractivity contribution in [1.82, 2.24) is 20.1 Å². The Labute approximate surface area is 242 Å². The summed E-state index contributed by atoms with van der Waals surface area (Å²) in [5, 5.41) is 7.67. The molecule has 4 aromatic rings. The van der Waals surface area contributed by atoms with Crippen LogP contribution in [0.5, 0.6) is 5.75 Å².